The van der Waals surface area contributed by atoms with Gasteiger partial charge in [0, 0.05) is 29.7 Å². The molecular weight excluding hydrogens is 260 g/mol. The molecule has 21 heavy (non-hydrogen) atoms. The number of benzene rings is 1. The highest BCUT2D eigenvalue weighted by Gasteiger charge is 2.22. The molecule has 6 N–H and O–H groups in total. The van der Waals surface area contributed by atoms with Crippen LogP contribution < -0.4 is 17.2 Å². The fourth-order valence-electron chi connectivity index (χ4n) is 3.37. The number of pyridine rings is 1. The largest absolute Gasteiger partial charge is 0.329 e. The molecule has 1 aromatic carbocycles. The summed E-state index contributed by atoms with van der Waals surface area (Å²) in [4.78, 5) is 4.85. The molecule has 1 aliphatic rings. The highest BCUT2D eigenvalue weighted by Crippen LogP contribution is 2.33. The molecule has 112 valence electrons. The third-order valence-electron chi connectivity index (χ3n) is 4.44. The van der Waals surface area contributed by atoms with Gasteiger partial charge in [0.05, 0.1) is 5.52 Å². The lowest BCUT2D eigenvalue weighted by Crippen LogP contribution is -2.34. The van der Waals surface area contributed by atoms with E-state index in [9.17, 15) is 0 Å². The number of hydrogen-bond acceptors (Lipinski definition) is 4. The van der Waals surface area contributed by atoms with Crippen molar-refractivity contribution in [3.8, 4) is 0 Å². The molecule has 2 atom stereocenters. The van der Waals surface area contributed by atoms with E-state index >= 15 is 0 Å². The summed E-state index contributed by atoms with van der Waals surface area (Å²) >= 11 is 0. The van der Waals surface area contributed by atoms with Gasteiger partial charge in [-0.25, -0.2) is 0 Å². The number of hydrogen-bond donors (Lipinski definition) is 3. The van der Waals surface area contributed by atoms with Gasteiger partial charge in [-0.15, -0.1) is 0 Å². The van der Waals surface area contributed by atoms with Crippen molar-refractivity contribution in [2.45, 2.75) is 44.2 Å². The first-order chi connectivity index (χ1) is 10.2. The molecule has 1 aliphatic carbocycles. The Balaban J connectivity index is 2.13. The van der Waals surface area contributed by atoms with Crippen molar-refractivity contribution in [1.29, 1.82) is 0 Å². The minimum Gasteiger partial charge on any atom is -0.329 e. The Morgan fingerprint density at radius 3 is 2.67 bits per heavy atom. The maximum Gasteiger partial charge on any atom is 0.0708 e. The van der Waals surface area contributed by atoms with Crippen LogP contribution in [0, 0.1) is 0 Å². The van der Waals surface area contributed by atoms with Crippen molar-refractivity contribution in [1.82, 2.24) is 4.98 Å². The summed E-state index contributed by atoms with van der Waals surface area (Å²) < 4.78 is 0. The average Bonchev–Trinajstić information content (AvgIpc) is 2.52. The summed E-state index contributed by atoms with van der Waals surface area (Å²) in [7, 11) is 0. The van der Waals surface area contributed by atoms with Crippen molar-refractivity contribution in [2.75, 3.05) is 6.54 Å². The molecule has 0 radical (unpaired) electrons. The first-order valence-electron chi connectivity index (χ1n) is 7.82. The van der Waals surface area contributed by atoms with Crippen molar-refractivity contribution in [3.05, 3.63) is 41.1 Å². The monoisotopic (exact) mass is 284 g/mol. The maximum atomic E-state index is 6.50. The van der Waals surface area contributed by atoms with E-state index in [1.54, 1.807) is 0 Å². The predicted molar refractivity (Wildman–Crippen MR) is 87.0 cm³/mol. The summed E-state index contributed by atoms with van der Waals surface area (Å²) in [6.07, 6.45) is 5.29. The number of nitrogens with two attached hydrogens (primary N) is 3. The van der Waals surface area contributed by atoms with Gasteiger partial charge in [-0.1, -0.05) is 18.2 Å². The van der Waals surface area contributed by atoms with Gasteiger partial charge in [-0.2, -0.15) is 0 Å². The molecule has 4 nitrogen and oxygen atoms in total. The third-order valence-corrected chi connectivity index (χ3v) is 4.44. The molecule has 1 aromatic heterocycles. The number of para-hydroxylation sites is 1. The van der Waals surface area contributed by atoms with Gasteiger partial charge in [-0.05, 0) is 49.3 Å². The minimum absolute atomic E-state index is 0.0498. The van der Waals surface area contributed by atoms with E-state index < -0.39 is 0 Å². The van der Waals surface area contributed by atoms with Crippen LogP contribution in [0.5, 0.6) is 0 Å². The number of aromatic nitrogens is 1. The lowest BCUT2D eigenvalue weighted by molar-refractivity contribution is 0.538. The van der Waals surface area contributed by atoms with Gasteiger partial charge in [0.1, 0.15) is 0 Å². The van der Waals surface area contributed by atoms with Crippen LogP contribution in [0.2, 0.25) is 0 Å². The van der Waals surface area contributed by atoms with Crippen LogP contribution in [0.4, 0.5) is 0 Å². The van der Waals surface area contributed by atoms with Gasteiger partial charge in [-0.3, -0.25) is 4.98 Å². The Hall–Kier alpha value is -1.49. The summed E-state index contributed by atoms with van der Waals surface area (Å²) in [6, 6.07) is 8.17. The number of nitrogens with zero attached hydrogens (tertiary/aromatic N) is 1. The zero-order valence-electron chi connectivity index (χ0n) is 12.4. The molecule has 0 aliphatic heterocycles. The molecular formula is C17H24N4. The molecule has 0 fully saturated rings. The third kappa shape index (κ3) is 2.79. The fourth-order valence-corrected chi connectivity index (χ4v) is 3.37. The van der Waals surface area contributed by atoms with Crippen LogP contribution in [0.25, 0.3) is 10.9 Å². The molecule has 2 unspecified atom stereocenters. The molecule has 1 heterocycles. The van der Waals surface area contributed by atoms with Crippen molar-refractivity contribution in [3.63, 3.8) is 0 Å². The van der Waals surface area contributed by atoms with Crippen molar-refractivity contribution in [2.24, 2.45) is 17.2 Å². The van der Waals surface area contributed by atoms with Crippen molar-refractivity contribution >= 4 is 10.9 Å². The van der Waals surface area contributed by atoms with Gasteiger partial charge in [0.25, 0.3) is 0 Å². The second-order valence-electron chi connectivity index (χ2n) is 6.01. The normalized spacial score (nSPS) is 17.5. The first kappa shape index (κ1) is 14.4. The maximum absolute atomic E-state index is 6.50. The lowest BCUT2D eigenvalue weighted by atomic mass is 9.85. The summed E-state index contributed by atoms with van der Waals surface area (Å²) in [5, 5.41) is 1.18. The Bertz CT molecular complexity index is 638. The summed E-state index contributed by atoms with van der Waals surface area (Å²) in [6.45, 7) is 0.471. The topological polar surface area (TPSA) is 91.0 Å². The molecule has 0 saturated carbocycles. The SMILES string of the molecule is NCC(N)CC(N)c1c2c(nc3ccccc13)CCCC2. The van der Waals surface area contributed by atoms with E-state index in [4.69, 9.17) is 22.2 Å². The van der Waals surface area contributed by atoms with Crippen LogP contribution in [-0.2, 0) is 12.8 Å². The van der Waals surface area contributed by atoms with E-state index in [1.807, 2.05) is 6.07 Å². The van der Waals surface area contributed by atoms with Crippen LogP contribution in [0.1, 0.15) is 42.1 Å². The molecule has 0 spiro atoms. The van der Waals surface area contributed by atoms with Crippen LogP contribution in [-0.4, -0.2) is 17.6 Å². The van der Waals surface area contributed by atoms with E-state index in [0.29, 0.717) is 6.54 Å². The number of aryl methyl sites for hydroxylation is 1. The van der Waals surface area contributed by atoms with Crippen LogP contribution >= 0.6 is 0 Å². The smallest absolute Gasteiger partial charge is 0.0708 e. The molecule has 2 aromatic rings. The molecule has 4 heteroatoms. The minimum atomic E-state index is -0.0664. The molecule has 3 rings (SSSR count). The van der Waals surface area contributed by atoms with Gasteiger partial charge in [0.15, 0.2) is 0 Å². The Morgan fingerprint density at radius 2 is 1.86 bits per heavy atom. The zero-order valence-corrected chi connectivity index (χ0v) is 12.4. The molecule has 0 amide bonds. The van der Waals surface area contributed by atoms with Gasteiger partial charge >= 0.3 is 0 Å². The summed E-state index contributed by atoms with van der Waals surface area (Å²) in [5.41, 5.74) is 23.0. The zero-order chi connectivity index (χ0) is 14.8. The standard InChI is InChI=1S/C17H24N4/c18-10-11(19)9-14(20)17-12-5-1-3-7-15(12)21-16-8-4-2-6-13(16)17/h1,3,5,7,11,14H,2,4,6,8-10,18-20H2. The Labute approximate surface area is 125 Å². The Morgan fingerprint density at radius 1 is 1.10 bits per heavy atom. The van der Waals surface area contributed by atoms with Crippen LogP contribution in [0.15, 0.2) is 24.3 Å². The molecule has 0 saturated heterocycles. The predicted octanol–water partition coefficient (Wildman–Crippen LogP) is 1.79. The quantitative estimate of drug-likeness (QED) is 0.798. The first-order valence-corrected chi connectivity index (χ1v) is 7.82. The van der Waals surface area contributed by atoms with E-state index in [2.05, 4.69) is 18.2 Å². The second kappa shape index (κ2) is 6.10. The van der Waals surface area contributed by atoms with E-state index in [-0.39, 0.29) is 12.1 Å². The van der Waals surface area contributed by atoms with E-state index in [1.165, 1.54) is 35.0 Å². The highest BCUT2D eigenvalue weighted by molar-refractivity contribution is 5.84. The van der Waals surface area contributed by atoms with E-state index in [0.717, 1.165) is 24.8 Å². The number of fused-ring (bicyclic) bond motifs is 2. The van der Waals surface area contributed by atoms with Crippen molar-refractivity contribution < 1.29 is 0 Å². The summed E-state index contributed by atoms with van der Waals surface area (Å²) in [5.74, 6) is 0. The fraction of sp³-hybridized carbons (Fsp3) is 0.471. The average molecular weight is 284 g/mol. The Kier molecular flexibility index (Phi) is 4.19. The van der Waals surface area contributed by atoms with Crippen LogP contribution in [0.3, 0.4) is 0 Å². The second-order valence-corrected chi connectivity index (χ2v) is 6.01. The molecule has 0 bridgehead atoms. The highest BCUT2D eigenvalue weighted by atomic mass is 14.8. The van der Waals surface area contributed by atoms with Gasteiger partial charge < -0.3 is 17.2 Å². The lowest BCUT2D eigenvalue weighted by Gasteiger charge is -2.25. The number of rotatable bonds is 4. The van der Waals surface area contributed by atoms with Gasteiger partial charge in [0.2, 0.25) is 0 Å².